The lowest BCUT2D eigenvalue weighted by Gasteiger charge is -2.43. The molecule has 3 aromatic rings. The summed E-state index contributed by atoms with van der Waals surface area (Å²) in [7, 11) is -1.07. The minimum absolute atomic E-state index is 0.0482. The second-order valence-corrected chi connectivity index (χ2v) is 13.0. The number of hydrogen-bond acceptors (Lipinski definition) is 7. The van der Waals surface area contributed by atoms with E-state index in [0.717, 1.165) is 70.9 Å². The first-order valence-electron chi connectivity index (χ1n) is 16.3. The number of aromatic hydroxyl groups is 1. The molecule has 7 rings (SSSR count). The Labute approximate surface area is 263 Å². The van der Waals surface area contributed by atoms with E-state index in [2.05, 4.69) is 11.1 Å². The summed E-state index contributed by atoms with van der Waals surface area (Å²) in [5, 5.41) is 33.6. The van der Waals surface area contributed by atoms with Gasteiger partial charge in [0.05, 0.1) is 30.2 Å². The van der Waals surface area contributed by atoms with Gasteiger partial charge in [-0.2, -0.15) is 0 Å². The van der Waals surface area contributed by atoms with Gasteiger partial charge in [0.2, 0.25) is 11.8 Å². The van der Waals surface area contributed by atoms with Crippen molar-refractivity contribution in [2.45, 2.75) is 69.8 Å². The number of pyridine rings is 1. The summed E-state index contributed by atoms with van der Waals surface area (Å²) in [5.41, 5.74) is 4.36. The minimum Gasteiger partial charge on any atom is -0.507 e. The van der Waals surface area contributed by atoms with Crippen molar-refractivity contribution in [1.29, 1.82) is 0 Å². The van der Waals surface area contributed by atoms with Crippen LogP contribution >= 0.6 is 0 Å². The average molecular weight is 607 g/mol. The number of rotatable bonds is 7. The second kappa shape index (κ2) is 12.5. The summed E-state index contributed by atoms with van der Waals surface area (Å²) in [6, 6.07) is 17.0. The molecule has 3 heterocycles. The van der Waals surface area contributed by atoms with Crippen molar-refractivity contribution in [2.75, 3.05) is 6.61 Å². The highest BCUT2D eigenvalue weighted by molar-refractivity contribution is 6.43. The van der Waals surface area contributed by atoms with E-state index in [0.29, 0.717) is 19.3 Å². The number of amides is 2. The molecular weight excluding hydrogens is 567 g/mol. The Morgan fingerprint density at radius 1 is 0.978 bits per heavy atom. The van der Waals surface area contributed by atoms with Crippen molar-refractivity contribution in [1.82, 2.24) is 9.88 Å². The fourth-order valence-corrected chi connectivity index (χ4v) is 8.37. The molecule has 2 aliphatic carbocycles. The van der Waals surface area contributed by atoms with E-state index < -0.39 is 25.1 Å². The van der Waals surface area contributed by atoms with Crippen LogP contribution in [0.5, 0.6) is 5.75 Å². The maximum Gasteiger partial charge on any atom is 0.455 e. The van der Waals surface area contributed by atoms with Gasteiger partial charge in [-0.25, -0.2) is 0 Å². The standard InChI is InChI=1S/C36H39BN2O6/c40-21-24-19-28-34(36(43)39(35(28)42)25-8-2-1-3-9-25)29-20-37(44)45-32(33(24)29)16-14-23(30-12-6-7-17-38-30)18-22-13-15-31(41)27-11-5-4-10-26(22)27/h4-7,10-13,15,17-18,25,28-29,32,34,40-41,44H,1-3,8-9,14,16,19-21H2/b23-18-/t28-,29+,32-,34-/m1/s1. The number of nitrogens with zero attached hydrogens (tertiary/aromatic N) is 2. The molecule has 2 aromatic carbocycles. The number of carbonyl (C=O) groups excluding carboxylic acids is 2. The average Bonchev–Trinajstić information content (AvgIpc) is 3.33. The van der Waals surface area contributed by atoms with Crippen LogP contribution in [-0.2, 0) is 14.2 Å². The molecule has 2 aliphatic heterocycles. The third-order valence-electron chi connectivity index (χ3n) is 10.4. The van der Waals surface area contributed by atoms with Crippen LogP contribution in [0.15, 0.2) is 71.9 Å². The molecule has 2 saturated heterocycles. The van der Waals surface area contributed by atoms with Gasteiger partial charge in [-0.1, -0.05) is 55.7 Å². The van der Waals surface area contributed by atoms with Crippen molar-refractivity contribution < 1.29 is 29.5 Å². The highest BCUT2D eigenvalue weighted by Crippen LogP contribution is 2.51. The Kier molecular flexibility index (Phi) is 8.33. The summed E-state index contributed by atoms with van der Waals surface area (Å²) in [6.07, 6.45) is 9.82. The number of aliphatic hydroxyl groups excluding tert-OH is 1. The van der Waals surface area contributed by atoms with E-state index in [1.165, 1.54) is 0 Å². The largest absolute Gasteiger partial charge is 0.507 e. The molecule has 0 unspecified atom stereocenters. The van der Waals surface area contributed by atoms with E-state index in [9.17, 15) is 24.8 Å². The van der Waals surface area contributed by atoms with Crippen LogP contribution in [-0.4, -0.2) is 62.8 Å². The minimum atomic E-state index is -1.07. The monoisotopic (exact) mass is 606 g/mol. The van der Waals surface area contributed by atoms with Gasteiger partial charge in [0.25, 0.3) is 0 Å². The lowest BCUT2D eigenvalue weighted by Crippen LogP contribution is -2.47. The van der Waals surface area contributed by atoms with Gasteiger partial charge in [0.1, 0.15) is 5.75 Å². The zero-order valence-electron chi connectivity index (χ0n) is 25.3. The number of likely N-dealkylation sites (tertiary alicyclic amines) is 1. The summed E-state index contributed by atoms with van der Waals surface area (Å²) in [5.74, 6) is -1.38. The van der Waals surface area contributed by atoms with Crippen LogP contribution in [0.2, 0.25) is 6.32 Å². The van der Waals surface area contributed by atoms with Crippen LogP contribution in [0.3, 0.4) is 0 Å². The maximum absolute atomic E-state index is 14.0. The molecular formula is C36H39BN2O6. The van der Waals surface area contributed by atoms with Gasteiger partial charge in [0, 0.05) is 17.6 Å². The van der Waals surface area contributed by atoms with Crippen LogP contribution in [0.1, 0.15) is 62.6 Å². The van der Waals surface area contributed by atoms with Crippen molar-refractivity contribution in [3.8, 4) is 5.75 Å². The molecule has 0 spiro atoms. The van der Waals surface area contributed by atoms with Gasteiger partial charge in [0.15, 0.2) is 0 Å². The smallest absolute Gasteiger partial charge is 0.455 e. The third kappa shape index (κ3) is 5.51. The first-order chi connectivity index (χ1) is 21.9. The van der Waals surface area contributed by atoms with Crippen LogP contribution < -0.4 is 0 Å². The van der Waals surface area contributed by atoms with Crippen molar-refractivity contribution in [3.63, 3.8) is 0 Å². The van der Waals surface area contributed by atoms with E-state index in [1.54, 1.807) is 17.2 Å². The van der Waals surface area contributed by atoms with Gasteiger partial charge in [-0.15, -0.1) is 0 Å². The Morgan fingerprint density at radius 3 is 2.51 bits per heavy atom. The number of imide groups is 1. The van der Waals surface area contributed by atoms with Gasteiger partial charge in [-0.3, -0.25) is 19.5 Å². The van der Waals surface area contributed by atoms with E-state index >= 15 is 0 Å². The fraction of sp³-hybridized carbons (Fsp3) is 0.417. The molecule has 0 radical (unpaired) electrons. The summed E-state index contributed by atoms with van der Waals surface area (Å²) < 4.78 is 6.16. The molecule has 8 nitrogen and oxygen atoms in total. The summed E-state index contributed by atoms with van der Waals surface area (Å²) >= 11 is 0. The Hall–Kier alpha value is -3.79. The Morgan fingerprint density at radius 2 is 1.76 bits per heavy atom. The predicted molar refractivity (Wildman–Crippen MR) is 173 cm³/mol. The zero-order chi connectivity index (χ0) is 31.1. The zero-order valence-corrected chi connectivity index (χ0v) is 25.3. The van der Waals surface area contributed by atoms with Crippen LogP contribution in [0, 0.1) is 17.8 Å². The molecule has 1 aromatic heterocycles. The molecule has 1 saturated carbocycles. The first kappa shape index (κ1) is 29.9. The number of allylic oxidation sites excluding steroid dienone is 1. The SMILES string of the molecule is O=C1[C@@H]2[C@@H](CC(CO)=C3[C@@H](CC/C(=C/c4ccc(O)c5ccccc45)c4ccccn4)OB(O)C[C@@H]32)C(=O)N1C1CCCCC1. The second-order valence-electron chi connectivity index (χ2n) is 13.0. The number of fused-ring (bicyclic) bond motifs is 4. The van der Waals surface area contributed by atoms with Gasteiger partial charge < -0.3 is 19.9 Å². The predicted octanol–water partition coefficient (Wildman–Crippen LogP) is 5.38. The number of phenols is 1. The van der Waals surface area contributed by atoms with Crippen molar-refractivity contribution in [2.24, 2.45) is 17.8 Å². The fourth-order valence-electron chi connectivity index (χ4n) is 8.37. The topological polar surface area (TPSA) is 120 Å². The first-order valence-corrected chi connectivity index (χ1v) is 16.3. The number of carbonyl (C=O) groups is 2. The molecule has 0 bridgehead atoms. The van der Waals surface area contributed by atoms with Gasteiger partial charge >= 0.3 is 7.12 Å². The van der Waals surface area contributed by atoms with Crippen molar-refractivity contribution in [3.05, 3.63) is 83.2 Å². The van der Waals surface area contributed by atoms with Crippen LogP contribution in [0.25, 0.3) is 22.4 Å². The Bertz CT molecular complexity index is 1670. The third-order valence-corrected chi connectivity index (χ3v) is 10.4. The molecule has 232 valence electrons. The molecule has 45 heavy (non-hydrogen) atoms. The number of phenolic OH excluding ortho intramolecular Hbond substituents is 1. The lowest BCUT2D eigenvalue weighted by atomic mass is 9.58. The highest BCUT2D eigenvalue weighted by atomic mass is 16.5. The molecule has 4 atom stereocenters. The van der Waals surface area contributed by atoms with Crippen LogP contribution in [0.4, 0.5) is 0 Å². The maximum atomic E-state index is 14.0. The Balaban J connectivity index is 1.21. The molecule has 3 fully saturated rings. The number of aromatic nitrogens is 1. The number of hydrogen-bond donors (Lipinski definition) is 3. The highest BCUT2D eigenvalue weighted by Gasteiger charge is 2.58. The number of benzene rings is 2. The summed E-state index contributed by atoms with van der Waals surface area (Å²) in [6.45, 7) is -0.210. The normalized spacial score (nSPS) is 26.0. The van der Waals surface area contributed by atoms with E-state index in [4.69, 9.17) is 4.65 Å². The van der Waals surface area contributed by atoms with Gasteiger partial charge in [-0.05, 0) is 96.3 Å². The molecule has 3 N–H and O–H groups in total. The molecule has 9 heteroatoms. The van der Waals surface area contributed by atoms with Crippen molar-refractivity contribution >= 4 is 41.4 Å². The lowest BCUT2D eigenvalue weighted by molar-refractivity contribution is -0.143. The quantitative estimate of drug-likeness (QED) is 0.188. The molecule has 4 aliphatic rings. The number of aliphatic hydroxyl groups is 1. The van der Waals surface area contributed by atoms with E-state index in [1.807, 2.05) is 48.5 Å². The molecule has 2 amide bonds. The van der Waals surface area contributed by atoms with E-state index in [-0.39, 0.29) is 42.5 Å². The summed E-state index contributed by atoms with van der Waals surface area (Å²) in [4.78, 5) is 33.8.